The largest absolute Gasteiger partial charge is 0.479 e. The van der Waals surface area contributed by atoms with Crippen LogP contribution < -0.4 is 5.32 Å². The molecule has 108 valence electrons. The van der Waals surface area contributed by atoms with Crippen molar-refractivity contribution < 1.29 is 19.1 Å². The van der Waals surface area contributed by atoms with Crippen LogP contribution in [0.2, 0.25) is 0 Å². The third kappa shape index (κ3) is 2.66. The van der Waals surface area contributed by atoms with Crippen molar-refractivity contribution in [1.29, 1.82) is 0 Å². The second-order valence-corrected chi connectivity index (χ2v) is 5.39. The summed E-state index contributed by atoms with van der Waals surface area (Å²) in [5.41, 5.74) is -1.11. The molecule has 0 heterocycles. The molecule has 2 rings (SSSR count). The average molecular weight is 279 g/mol. The number of hydrogen-bond donors (Lipinski definition) is 2. The lowest BCUT2D eigenvalue weighted by atomic mass is 9.73. The van der Waals surface area contributed by atoms with Gasteiger partial charge in [0.25, 0.3) is 5.91 Å². The quantitative estimate of drug-likeness (QED) is 0.893. The predicted molar refractivity (Wildman–Crippen MR) is 71.9 cm³/mol. The van der Waals surface area contributed by atoms with Crippen molar-refractivity contribution in [2.75, 3.05) is 0 Å². The van der Waals surface area contributed by atoms with Gasteiger partial charge in [-0.2, -0.15) is 0 Å². The van der Waals surface area contributed by atoms with E-state index in [-0.39, 0.29) is 11.5 Å². The van der Waals surface area contributed by atoms with Gasteiger partial charge in [0.05, 0.1) is 0 Å². The van der Waals surface area contributed by atoms with Gasteiger partial charge in [-0.05, 0) is 37.0 Å². The summed E-state index contributed by atoms with van der Waals surface area (Å²) < 4.78 is 13.1. The van der Waals surface area contributed by atoms with Gasteiger partial charge in [0, 0.05) is 5.56 Å². The Hall–Kier alpha value is -1.91. The van der Waals surface area contributed by atoms with Gasteiger partial charge < -0.3 is 10.4 Å². The Balaban J connectivity index is 2.24. The van der Waals surface area contributed by atoms with Gasteiger partial charge in [0.1, 0.15) is 11.4 Å². The van der Waals surface area contributed by atoms with Gasteiger partial charge in [0.15, 0.2) is 0 Å². The first-order valence-electron chi connectivity index (χ1n) is 6.77. The molecule has 0 radical (unpaired) electrons. The summed E-state index contributed by atoms with van der Waals surface area (Å²) in [5.74, 6) is -2.22. The molecule has 2 N–H and O–H groups in total. The lowest BCUT2D eigenvalue weighted by Gasteiger charge is -2.39. The van der Waals surface area contributed by atoms with Gasteiger partial charge in [-0.25, -0.2) is 9.18 Å². The summed E-state index contributed by atoms with van der Waals surface area (Å²) in [6.07, 6.45) is 2.90. The van der Waals surface area contributed by atoms with Crippen LogP contribution >= 0.6 is 0 Å². The zero-order valence-electron chi connectivity index (χ0n) is 11.4. The second kappa shape index (κ2) is 5.61. The highest BCUT2D eigenvalue weighted by molar-refractivity contribution is 5.98. The van der Waals surface area contributed by atoms with Crippen LogP contribution in [-0.2, 0) is 4.79 Å². The van der Waals surface area contributed by atoms with Crippen LogP contribution in [-0.4, -0.2) is 22.5 Å². The summed E-state index contributed by atoms with van der Waals surface area (Å²) in [6, 6.07) is 5.26. The molecule has 0 spiro atoms. The summed E-state index contributed by atoms with van der Waals surface area (Å²) in [7, 11) is 0. The van der Waals surface area contributed by atoms with E-state index in [2.05, 4.69) is 5.32 Å². The van der Waals surface area contributed by atoms with Crippen molar-refractivity contribution in [3.63, 3.8) is 0 Å². The Labute approximate surface area is 117 Å². The number of carbonyl (C=O) groups excluding carboxylic acids is 1. The fourth-order valence-corrected chi connectivity index (χ4v) is 2.81. The molecule has 20 heavy (non-hydrogen) atoms. The maximum Gasteiger partial charge on any atom is 0.329 e. The zero-order valence-corrected chi connectivity index (χ0v) is 11.4. The highest BCUT2D eigenvalue weighted by Crippen LogP contribution is 2.34. The zero-order chi connectivity index (χ0) is 14.8. The molecule has 1 aliphatic carbocycles. The number of carboxylic acids is 1. The Kier molecular flexibility index (Phi) is 4.06. The van der Waals surface area contributed by atoms with Crippen molar-refractivity contribution in [3.05, 3.63) is 35.6 Å². The van der Waals surface area contributed by atoms with Gasteiger partial charge in [-0.3, -0.25) is 4.79 Å². The molecule has 1 saturated carbocycles. The van der Waals surface area contributed by atoms with E-state index < -0.39 is 23.2 Å². The Morgan fingerprint density at radius 1 is 1.40 bits per heavy atom. The number of carbonyl (C=O) groups is 2. The van der Waals surface area contributed by atoms with E-state index in [9.17, 15) is 19.1 Å². The van der Waals surface area contributed by atoms with E-state index in [1.807, 2.05) is 6.92 Å². The van der Waals surface area contributed by atoms with E-state index >= 15 is 0 Å². The first kappa shape index (κ1) is 14.5. The van der Waals surface area contributed by atoms with Crippen molar-refractivity contribution in [1.82, 2.24) is 5.32 Å². The maximum absolute atomic E-state index is 13.1. The van der Waals surface area contributed by atoms with Crippen LogP contribution in [0.25, 0.3) is 0 Å². The number of carboxylic acid groups (broad SMARTS) is 1. The molecule has 1 fully saturated rings. The number of amides is 1. The number of benzene rings is 1. The molecule has 0 aromatic heterocycles. The molecule has 0 saturated heterocycles. The number of halogens is 1. The maximum atomic E-state index is 13.1. The van der Waals surface area contributed by atoms with Crippen molar-refractivity contribution in [3.8, 4) is 0 Å². The van der Waals surface area contributed by atoms with Crippen LogP contribution in [0.3, 0.4) is 0 Å². The summed E-state index contributed by atoms with van der Waals surface area (Å²) in [6.45, 7) is 1.83. The molecule has 1 aliphatic rings. The number of aliphatic carboxylic acids is 1. The van der Waals surface area contributed by atoms with Crippen LogP contribution in [0.15, 0.2) is 24.3 Å². The van der Waals surface area contributed by atoms with Crippen LogP contribution in [0.5, 0.6) is 0 Å². The number of hydrogen-bond acceptors (Lipinski definition) is 2. The van der Waals surface area contributed by atoms with Crippen LogP contribution in [0.4, 0.5) is 4.39 Å². The highest BCUT2D eigenvalue weighted by atomic mass is 19.1. The van der Waals surface area contributed by atoms with Crippen LogP contribution in [0, 0.1) is 11.7 Å². The van der Waals surface area contributed by atoms with Gasteiger partial charge >= 0.3 is 5.97 Å². The average Bonchev–Trinajstić information content (AvgIpc) is 2.41. The minimum atomic E-state index is -1.25. The minimum Gasteiger partial charge on any atom is -0.479 e. The Bertz CT molecular complexity index is 532. The molecule has 1 aromatic carbocycles. The van der Waals surface area contributed by atoms with E-state index in [1.165, 1.54) is 18.2 Å². The summed E-state index contributed by atoms with van der Waals surface area (Å²) >= 11 is 0. The fraction of sp³-hybridized carbons (Fsp3) is 0.467. The number of nitrogens with one attached hydrogen (secondary N) is 1. The molecular weight excluding hydrogens is 261 g/mol. The predicted octanol–water partition coefficient (Wildman–Crippen LogP) is 2.59. The lowest BCUT2D eigenvalue weighted by molar-refractivity contribution is -0.148. The van der Waals surface area contributed by atoms with Crippen molar-refractivity contribution in [2.24, 2.45) is 5.92 Å². The summed E-state index contributed by atoms with van der Waals surface area (Å²) in [4.78, 5) is 23.8. The Morgan fingerprint density at radius 3 is 2.75 bits per heavy atom. The molecule has 2 atom stereocenters. The highest BCUT2D eigenvalue weighted by Gasteiger charge is 2.46. The normalized spacial score (nSPS) is 26.0. The standard InChI is InChI=1S/C15H18FNO3/c1-10-5-2-3-8-15(10,14(19)20)17-13(18)11-6-4-7-12(16)9-11/h4,6-7,9-10H,2-3,5,8H2,1H3,(H,17,18)(H,19,20). The van der Waals surface area contributed by atoms with Gasteiger partial charge in [-0.1, -0.05) is 25.8 Å². The van der Waals surface area contributed by atoms with E-state index in [0.29, 0.717) is 6.42 Å². The fourth-order valence-electron chi connectivity index (χ4n) is 2.81. The van der Waals surface area contributed by atoms with Crippen molar-refractivity contribution in [2.45, 2.75) is 38.1 Å². The third-order valence-electron chi connectivity index (χ3n) is 4.10. The Morgan fingerprint density at radius 2 is 2.15 bits per heavy atom. The van der Waals surface area contributed by atoms with E-state index in [0.717, 1.165) is 25.3 Å². The molecule has 4 nitrogen and oxygen atoms in total. The molecule has 5 heteroatoms. The summed E-state index contributed by atoms with van der Waals surface area (Å²) in [5, 5.41) is 12.1. The van der Waals surface area contributed by atoms with E-state index in [1.54, 1.807) is 0 Å². The molecule has 1 aromatic rings. The van der Waals surface area contributed by atoms with Gasteiger partial charge in [0.2, 0.25) is 0 Å². The van der Waals surface area contributed by atoms with E-state index in [4.69, 9.17) is 0 Å². The first-order valence-corrected chi connectivity index (χ1v) is 6.77. The first-order chi connectivity index (χ1) is 9.45. The molecule has 0 bridgehead atoms. The molecule has 0 aliphatic heterocycles. The minimum absolute atomic E-state index is 0.142. The topological polar surface area (TPSA) is 66.4 Å². The molecule has 2 unspecified atom stereocenters. The lowest BCUT2D eigenvalue weighted by Crippen LogP contribution is -2.60. The number of rotatable bonds is 3. The third-order valence-corrected chi connectivity index (χ3v) is 4.10. The smallest absolute Gasteiger partial charge is 0.329 e. The monoisotopic (exact) mass is 279 g/mol. The molecular formula is C15H18FNO3. The SMILES string of the molecule is CC1CCCCC1(NC(=O)c1cccc(F)c1)C(=O)O. The van der Waals surface area contributed by atoms with Crippen molar-refractivity contribution >= 4 is 11.9 Å². The van der Waals surface area contributed by atoms with Gasteiger partial charge in [-0.15, -0.1) is 0 Å². The second-order valence-electron chi connectivity index (χ2n) is 5.39. The van der Waals surface area contributed by atoms with Crippen LogP contribution in [0.1, 0.15) is 43.0 Å². The molecule has 1 amide bonds.